The van der Waals surface area contributed by atoms with Crippen molar-refractivity contribution in [3.05, 3.63) is 0 Å². The molecule has 1 aromatic rings. The Labute approximate surface area is 123 Å². The van der Waals surface area contributed by atoms with Gasteiger partial charge in [0.2, 0.25) is 17.0 Å². The zero-order valence-corrected chi connectivity index (χ0v) is 13.0. The summed E-state index contributed by atoms with van der Waals surface area (Å²) in [4.78, 5) is 16.2. The Morgan fingerprint density at radius 3 is 2.90 bits per heavy atom. The van der Waals surface area contributed by atoms with Crippen LogP contribution in [-0.2, 0) is 4.79 Å². The average Bonchev–Trinajstić information content (AvgIpc) is 2.80. The molecule has 20 heavy (non-hydrogen) atoms. The number of nitrogens with two attached hydrogens (primary N) is 1. The minimum atomic E-state index is -0.227. The second-order valence-electron chi connectivity index (χ2n) is 5.65. The van der Waals surface area contributed by atoms with Crippen LogP contribution in [0.25, 0.3) is 0 Å². The zero-order chi connectivity index (χ0) is 14.7. The smallest absolute Gasteiger partial charge is 0.233 e. The van der Waals surface area contributed by atoms with Crippen molar-refractivity contribution in [2.45, 2.75) is 56.5 Å². The fourth-order valence-corrected chi connectivity index (χ4v) is 3.35. The lowest BCUT2D eigenvalue weighted by Crippen LogP contribution is -2.46. The maximum atomic E-state index is 12.2. The Morgan fingerprint density at radius 2 is 2.25 bits per heavy atom. The molecule has 0 saturated heterocycles. The van der Waals surface area contributed by atoms with Crippen molar-refractivity contribution < 1.29 is 4.79 Å². The average molecular weight is 297 g/mol. The molecule has 1 aliphatic rings. The van der Waals surface area contributed by atoms with Gasteiger partial charge in [-0.15, -0.1) is 5.10 Å². The van der Waals surface area contributed by atoms with Gasteiger partial charge in [0.1, 0.15) is 0 Å². The number of nitrogens with zero attached hydrogens (tertiary/aromatic N) is 2. The third-order valence-corrected chi connectivity index (χ3v) is 5.13. The van der Waals surface area contributed by atoms with E-state index in [4.69, 9.17) is 5.73 Å². The molecule has 0 aromatic carbocycles. The molecule has 1 aromatic heterocycles. The number of nitrogen functional groups attached to an aromatic ring is 1. The molecule has 4 atom stereocenters. The van der Waals surface area contributed by atoms with E-state index >= 15 is 0 Å². The van der Waals surface area contributed by atoms with E-state index in [-0.39, 0.29) is 23.1 Å². The first-order valence-corrected chi connectivity index (χ1v) is 8.00. The number of aromatic amines is 1. The van der Waals surface area contributed by atoms with Crippen LogP contribution in [0.3, 0.4) is 0 Å². The highest BCUT2D eigenvalue weighted by molar-refractivity contribution is 8.00. The third-order valence-electron chi connectivity index (χ3n) is 4.17. The molecule has 0 bridgehead atoms. The Hall–Kier alpha value is -1.24. The first-order chi connectivity index (χ1) is 9.47. The molecule has 1 fully saturated rings. The summed E-state index contributed by atoms with van der Waals surface area (Å²) in [6.07, 6.45) is 3.52. The molecule has 1 heterocycles. The predicted molar refractivity (Wildman–Crippen MR) is 80.2 cm³/mol. The number of nitrogens with one attached hydrogen (secondary N) is 2. The Kier molecular flexibility index (Phi) is 4.91. The highest BCUT2D eigenvalue weighted by Gasteiger charge is 2.29. The van der Waals surface area contributed by atoms with Crippen molar-refractivity contribution in [2.24, 2.45) is 11.8 Å². The van der Waals surface area contributed by atoms with Crippen molar-refractivity contribution in [1.82, 2.24) is 20.5 Å². The fraction of sp³-hybridized carbons (Fsp3) is 0.769. The number of hydrogen-bond donors (Lipinski definition) is 3. The number of thioether (sulfide) groups is 1. The second kappa shape index (κ2) is 6.47. The van der Waals surface area contributed by atoms with Gasteiger partial charge in [-0.1, -0.05) is 38.5 Å². The molecule has 6 nitrogen and oxygen atoms in total. The van der Waals surface area contributed by atoms with Gasteiger partial charge in [0, 0.05) is 6.04 Å². The topological polar surface area (TPSA) is 96.7 Å². The minimum Gasteiger partial charge on any atom is -0.368 e. The van der Waals surface area contributed by atoms with E-state index in [0.717, 1.165) is 6.42 Å². The maximum Gasteiger partial charge on any atom is 0.233 e. The minimum absolute atomic E-state index is 0.0457. The van der Waals surface area contributed by atoms with E-state index in [1.165, 1.54) is 24.6 Å². The van der Waals surface area contributed by atoms with E-state index < -0.39 is 0 Å². The largest absolute Gasteiger partial charge is 0.368 e. The van der Waals surface area contributed by atoms with E-state index in [1.54, 1.807) is 0 Å². The lowest BCUT2D eigenvalue weighted by molar-refractivity contribution is -0.121. The van der Waals surface area contributed by atoms with Crippen LogP contribution in [0.1, 0.15) is 40.0 Å². The van der Waals surface area contributed by atoms with E-state index in [9.17, 15) is 4.79 Å². The van der Waals surface area contributed by atoms with Gasteiger partial charge < -0.3 is 11.1 Å². The summed E-state index contributed by atoms with van der Waals surface area (Å²) in [6, 6.07) is 0.284. The van der Waals surface area contributed by atoms with Gasteiger partial charge in [0.15, 0.2) is 0 Å². The fourth-order valence-electron chi connectivity index (χ4n) is 2.61. The van der Waals surface area contributed by atoms with Gasteiger partial charge >= 0.3 is 0 Å². The highest BCUT2D eigenvalue weighted by Crippen LogP contribution is 2.30. The van der Waals surface area contributed by atoms with Crippen molar-refractivity contribution in [3.63, 3.8) is 0 Å². The van der Waals surface area contributed by atoms with Gasteiger partial charge in [0.25, 0.3) is 0 Å². The van der Waals surface area contributed by atoms with Crippen LogP contribution in [0.15, 0.2) is 5.16 Å². The quantitative estimate of drug-likeness (QED) is 0.736. The van der Waals surface area contributed by atoms with Crippen molar-refractivity contribution in [3.8, 4) is 0 Å². The van der Waals surface area contributed by atoms with Gasteiger partial charge in [0.05, 0.1) is 5.25 Å². The summed E-state index contributed by atoms with van der Waals surface area (Å²) < 4.78 is 0. The Balaban J connectivity index is 1.87. The normalized spacial score (nSPS) is 28.1. The number of carbonyl (C=O) groups is 1. The Morgan fingerprint density at radius 1 is 1.50 bits per heavy atom. The van der Waals surface area contributed by atoms with Crippen LogP contribution >= 0.6 is 11.8 Å². The maximum absolute atomic E-state index is 12.2. The van der Waals surface area contributed by atoms with Crippen LogP contribution in [0.4, 0.5) is 5.95 Å². The molecule has 0 aliphatic heterocycles. The molecule has 1 amide bonds. The van der Waals surface area contributed by atoms with Gasteiger partial charge in [-0.2, -0.15) is 4.98 Å². The van der Waals surface area contributed by atoms with Crippen molar-refractivity contribution >= 4 is 23.6 Å². The van der Waals surface area contributed by atoms with E-state index in [0.29, 0.717) is 17.0 Å². The number of anilines is 1. The summed E-state index contributed by atoms with van der Waals surface area (Å²) in [5.74, 6) is 1.52. The predicted octanol–water partition coefficient (Wildman–Crippen LogP) is 1.81. The SMILES string of the molecule is C[C@H]1[C@@H](NC(=O)[C@@H](C)Sc2n[nH]c(N)n2)CCC[C@@H]1C. The summed E-state index contributed by atoms with van der Waals surface area (Å²) in [5.41, 5.74) is 5.47. The van der Waals surface area contributed by atoms with Gasteiger partial charge in [-0.05, 0) is 25.2 Å². The molecular weight excluding hydrogens is 274 g/mol. The number of hydrogen-bond acceptors (Lipinski definition) is 5. The third kappa shape index (κ3) is 3.65. The standard InChI is InChI=1S/C13H23N5OS/c1-7-5-4-6-10(8(7)2)15-11(19)9(3)20-13-16-12(14)17-18-13/h7-10H,4-6H2,1-3H3,(H,15,19)(H3,14,16,17,18)/t7-,8+,9+,10-/m0/s1. The number of carbonyl (C=O) groups excluding carboxylic acids is 1. The van der Waals surface area contributed by atoms with Gasteiger partial charge in [-0.25, -0.2) is 5.10 Å². The molecule has 112 valence electrons. The summed E-state index contributed by atoms with van der Waals surface area (Å²) in [6.45, 7) is 6.35. The number of aromatic nitrogens is 3. The van der Waals surface area contributed by atoms with E-state index in [2.05, 4.69) is 34.3 Å². The van der Waals surface area contributed by atoms with Crippen LogP contribution < -0.4 is 11.1 Å². The number of H-pyrrole nitrogens is 1. The second-order valence-corrected chi connectivity index (χ2v) is 6.95. The molecule has 1 aliphatic carbocycles. The van der Waals surface area contributed by atoms with Crippen LogP contribution in [-0.4, -0.2) is 32.4 Å². The number of amides is 1. The summed E-state index contributed by atoms with van der Waals surface area (Å²) >= 11 is 1.32. The zero-order valence-electron chi connectivity index (χ0n) is 12.2. The van der Waals surface area contributed by atoms with Crippen molar-refractivity contribution in [1.29, 1.82) is 0 Å². The van der Waals surface area contributed by atoms with Gasteiger partial charge in [-0.3, -0.25) is 4.79 Å². The molecule has 0 unspecified atom stereocenters. The monoisotopic (exact) mass is 297 g/mol. The first-order valence-electron chi connectivity index (χ1n) is 7.12. The van der Waals surface area contributed by atoms with Crippen LogP contribution in [0, 0.1) is 11.8 Å². The van der Waals surface area contributed by atoms with Crippen molar-refractivity contribution in [2.75, 3.05) is 5.73 Å². The Bertz CT molecular complexity index is 463. The summed E-state index contributed by atoms with van der Waals surface area (Å²) in [7, 11) is 0. The lowest BCUT2D eigenvalue weighted by Gasteiger charge is -2.35. The first kappa shape index (κ1) is 15.2. The van der Waals surface area contributed by atoms with Crippen LogP contribution in [0.5, 0.6) is 0 Å². The molecule has 0 radical (unpaired) electrons. The molecular formula is C13H23N5OS. The molecule has 2 rings (SSSR count). The molecule has 0 spiro atoms. The lowest BCUT2D eigenvalue weighted by atomic mass is 9.78. The van der Waals surface area contributed by atoms with E-state index in [1.807, 2.05) is 6.92 Å². The van der Waals surface area contributed by atoms with Crippen LogP contribution in [0.2, 0.25) is 0 Å². The highest BCUT2D eigenvalue weighted by atomic mass is 32.2. The molecule has 1 saturated carbocycles. The number of rotatable bonds is 4. The molecule has 4 N–H and O–H groups in total. The molecule has 7 heteroatoms. The summed E-state index contributed by atoms with van der Waals surface area (Å²) in [5, 5.41) is 9.96.